The molecule has 1 rings (SSSR count). The molecule has 0 aliphatic rings. The molecule has 0 fully saturated rings. The topological polar surface area (TPSA) is 44.5 Å². The molecule has 0 radical (unpaired) electrons. The van der Waals surface area contributed by atoms with Crippen molar-refractivity contribution in [2.75, 3.05) is 20.3 Å². The van der Waals surface area contributed by atoms with Gasteiger partial charge in [-0.3, -0.25) is 0 Å². The van der Waals surface area contributed by atoms with Crippen molar-refractivity contribution >= 4 is 0 Å². The third-order valence-electron chi connectivity index (χ3n) is 2.15. The van der Waals surface area contributed by atoms with E-state index >= 15 is 0 Å². The lowest BCUT2D eigenvalue weighted by molar-refractivity contribution is 0.172. The Balaban J connectivity index is 2.43. The summed E-state index contributed by atoms with van der Waals surface area (Å²) in [6.45, 7) is 3.37. The fourth-order valence-electron chi connectivity index (χ4n) is 1.28. The summed E-state index contributed by atoms with van der Waals surface area (Å²) in [4.78, 5) is 0. The zero-order chi connectivity index (χ0) is 11.1. The molecule has 0 saturated heterocycles. The van der Waals surface area contributed by atoms with Gasteiger partial charge in [0, 0.05) is 26.2 Å². The minimum Gasteiger partial charge on any atom is -0.493 e. The number of benzene rings is 1. The van der Waals surface area contributed by atoms with Gasteiger partial charge in [-0.1, -0.05) is 12.1 Å². The minimum absolute atomic E-state index is 0.0486. The van der Waals surface area contributed by atoms with E-state index in [1.807, 2.05) is 31.2 Å². The normalized spacial score (nSPS) is 12.5. The molecule has 3 nitrogen and oxygen atoms in total. The summed E-state index contributed by atoms with van der Waals surface area (Å²) in [5, 5.41) is 0. The SMILES string of the molecule is COCCCOc1cccc([C@H](C)N)c1. The van der Waals surface area contributed by atoms with Crippen molar-refractivity contribution in [1.29, 1.82) is 0 Å². The number of methoxy groups -OCH3 is 1. The van der Waals surface area contributed by atoms with Gasteiger partial charge in [0.15, 0.2) is 0 Å². The molecule has 0 amide bonds. The molecule has 84 valence electrons. The number of rotatable bonds is 6. The van der Waals surface area contributed by atoms with Gasteiger partial charge in [-0.15, -0.1) is 0 Å². The lowest BCUT2D eigenvalue weighted by Gasteiger charge is -2.09. The first-order valence-corrected chi connectivity index (χ1v) is 5.21. The maximum atomic E-state index is 5.78. The summed E-state index contributed by atoms with van der Waals surface area (Å²) in [5.41, 5.74) is 6.88. The van der Waals surface area contributed by atoms with Crippen LogP contribution in [0.15, 0.2) is 24.3 Å². The van der Waals surface area contributed by atoms with E-state index < -0.39 is 0 Å². The van der Waals surface area contributed by atoms with Crippen molar-refractivity contribution in [1.82, 2.24) is 0 Å². The van der Waals surface area contributed by atoms with Gasteiger partial charge >= 0.3 is 0 Å². The number of nitrogens with two attached hydrogens (primary N) is 1. The highest BCUT2D eigenvalue weighted by Gasteiger charge is 2.00. The van der Waals surface area contributed by atoms with Crippen LogP contribution < -0.4 is 10.5 Å². The van der Waals surface area contributed by atoms with Crippen LogP contribution in [0.1, 0.15) is 24.9 Å². The average molecular weight is 209 g/mol. The van der Waals surface area contributed by atoms with Crippen LogP contribution in [0.5, 0.6) is 5.75 Å². The van der Waals surface area contributed by atoms with Gasteiger partial charge in [-0.25, -0.2) is 0 Å². The Kier molecular flexibility index (Phi) is 5.15. The molecule has 0 aliphatic carbocycles. The van der Waals surface area contributed by atoms with E-state index in [0.717, 1.165) is 24.3 Å². The van der Waals surface area contributed by atoms with Crippen LogP contribution in [0.4, 0.5) is 0 Å². The third kappa shape index (κ3) is 4.32. The van der Waals surface area contributed by atoms with E-state index in [2.05, 4.69) is 0 Å². The zero-order valence-corrected chi connectivity index (χ0v) is 9.40. The summed E-state index contributed by atoms with van der Waals surface area (Å²) in [6, 6.07) is 7.94. The molecule has 0 heterocycles. The van der Waals surface area contributed by atoms with E-state index in [0.29, 0.717) is 6.61 Å². The molecule has 3 heteroatoms. The average Bonchev–Trinajstić information content (AvgIpc) is 2.25. The Bertz CT molecular complexity index is 287. The minimum atomic E-state index is 0.0486. The quantitative estimate of drug-likeness (QED) is 0.730. The fourth-order valence-corrected chi connectivity index (χ4v) is 1.28. The van der Waals surface area contributed by atoms with Crippen LogP contribution in [0.25, 0.3) is 0 Å². The molecule has 0 aliphatic heterocycles. The van der Waals surface area contributed by atoms with Gasteiger partial charge < -0.3 is 15.2 Å². The highest BCUT2D eigenvalue weighted by atomic mass is 16.5. The molecule has 1 aromatic rings. The predicted octanol–water partition coefficient (Wildman–Crippen LogP) is 2.12. The van der Waals surface area contributed by atoms with E-state index in [-0.39, 0.29) is 6.04 Å². The summed E-state index contributed by atoms with van der Waals surface area (Å²) >= 11 is 0. The molecular formula is C12H19NO2. The van der Waals surface area contributed by atoms with Gasteiger partial charge in [-0.2, -0.15) is 0 Å². The first-order chi connectivity index (χ1) is 7.24. The molecule has 15 heavy (non-hydrogen) atoms. The van der Waals surface area contributed by atoms with Crippen LogP contribution in [0.3, 0.4) is 0 Å². The highest BCUT2D eigenvalue weighted by Crippen LogP contribution is 2.17. The zero-order valence-electron chi connectivity index (χ0n) is 9.40. The monoisotopic (exact) mass is 209 g/mol. The van der Waals surface area contributed by atoms with Gasteiger partial charge in [0.2, 0.25) is 0 Å². The molecule has 0 spiro atoms. The van der Waals surface area contributed by atoms with Crippen LogP contribution >= 0.6 is 0 Å². The first kappa shape index (κ1) is 12.0. The van der Waals surface area contributed by atoms with Gasteiger partial charge in [-0.05, 0) is 24.6 Å². The molecule has 0 aromatic heterocycles. The molecule has 2 N–H and O–H groups in total. The Morgan fingerprint density at radius 3 is 2.80 bits per heavy atom. The second kappa shape index (κ2) is 6.43. The Hall–Kier alpha value is -1.06. The summed E-state index contributed by atoms with van der Waals surface area (Å²) in [5.74, 6) is 0.876. The number of hydrogen-bond acceptors (Lipinski definition) is 3. The fraction of sp³-hybridized carbons (Fsp3) is 0.500. The Morgan fingerprint density at radius 2 is 2.13 bits per heavy atom. The van der Waals surface area contributed by atoms with Crippen molar-refractivity contribution in [3.63, 3.8) is 0 Å². The maximum absolute atomic E-state index is 5.78. The Morgan fingerprint density at radius 1 is 1.33 bits per heavy atom. The Labute approximate surface area is 91.2 Å². The molecule has 0 bridgehead atoms. The number of hydrogen-bond donors (Lipinski definition) is 1. The smallest absolute Gasteiger partial charge is 0.119 e. The largest absolute Gasteiger partial charge is 0.493 e. The molecule has 1 aromatic carbocycles. The highest BCUT2D eigenvalue weighted by molar-refractivity contribution is 5.30. The van der Waals surface area contributed by atoms with Gasteiger partial charge in [0.1, 0.15) is 5.75 Å². The van der Waals surface area contributed by atoms with Crippen LogP contribution in [-0.2, 0) is 4.74 Å². The van der Waals surface area contributed by atoms with Crippen molar-refractivity contribution in [3.05, 3.63) is 29.8 Å². The van der Waals surface area contributed by atoms with Gasteiger partial charge in [0.25, 0.3) is 0 Å². The van der Waals surface area contributed by atoms with E-state index in [1.165, 1.54) is 0 Å². The summed E-state index contributed by atoms with van der Waals surface area (Å²) < 4.78 is 10.5. The van der Waals surface area contributed by atoms with Crippen molar-refractivity contribution in [2.45, 2.75) is 19.4 Å². The van der Waals surface area contributed by atoms with Crippen molar-refractivity contribution < 1.29 is 9.47 Å². The number of ether oxygens (including phenoxy) is 2. The standard InChI is InChI=1S/C12H19NO2/c1-10(13)11-5-3-6-12(9-11)15-8-4-7-14-2/h3,5-6,9-10H,4,7-8,13H2,1-2H3/t10-/m0/s1. The maximum Gasteiger partial charge on any atom is 0.119 e. The molecular weight excluding hydrogens is 190 g/mol. The summed E-state index contributed by atoms with van der Waals surface area (Å²) in [7, 11) is 1.69. The van der Waals surface area contributed by atoms with Crippen LogP contribution in [0.2, 0.25) is 0 Å². The lowest BCUT2D eigenvalue weighted by atomic mass is 10.1. The third-order valence-corrected chi connectivity index (χ3v) is 2.15. The second-order valence-electron chi connectivity index (χ2n) is 3.56. The molecule has 1 atom stereocenters. The van der Waals surface area contributed by atoms with Crippen molar-refractivity contribution in [3.8, 4) is 5.75 Å². The molecule has 0 saturated carbocycles. The van der Waals surface area contributed by atoms with Crippen LogP contribution in [0, 0.1) is 0 Å². The van der Waals surface area contributed by atoms with Crippen molar-refractivity contribution in [2.24, 2.45) is 5.73 Å². The second-order valence-corrected chi connectivity index (χ2v) is 3.56. The van der Waals surface area contributed by atoms with E-state index in [4.69, 9.17) is 15.2 Å². The summed E-state index contributed by atoms with van der Waals surface area (Å²) in [6.07, 6.45) is 0.902. The first-order valence-electron chi connectivity index (χ1n) is 5.21. The van der Waals surface area contributed by atoms with E-state index in [9.17, 15) is 0 Å². The predicted molar refractivity (Wildman–Crippen MR) is 61.0 cm³/mol. The van der Waals surface area contributed by atoms with Crippen LogP contribution in [-0.4, -0.2) is 20.3 Å². The van der Waals surface area contributed by atoms with Gasteiger partial charge in [0.05, 0.1) is 6.61 Å². The lowest BCUT2D eigenvalue weighted by Crippen LogP contribution is -2.06. The van der Waals surface area contributed by atoms with E-state index in [1.54, 1.807) is 7.11 Å². The molecule has 0 unspecified atom stereocenters.